The molecule has 0 amide bonds. The van der Waals surface area contributed by atoms with Gasteiger partial charge in [0.15, 0.2) is 0 Å². The zero-order chi connectivity index (χ0) is 9.80. The maximum absolute atomic E-state index is 5.43. The molecule has 4 nitrogen and oxygen atoms in total. The molecular weight excluding hydrogens is 176 g/mol. The maximum Gasteiger partial charge on any atom is 0.106 e. The summed E-state index contributed by atoms with van der Waals surface area (Å²) in [5.41, 5.74) is 7.62. The number of imidazole rings is 1. The van der Waals surface area contributed by atoms with Crippen LogP contribution >= 0.6 is 0 Å². The number of nitrogens with two attached hydrogens (primary N) is 1. The van der Waals surface area contributed by atoms with Gasteiger partial charge in [0.1, 0.15) is 5.82 Å². The number of aromatic nitrogens is 3. The van der Waals surface area contributed by atoms with Crippen molar-refractivity contribution in [3.8, 4) is 11.3 Å². The number of H-pyrrole nitrogens is 2. The van der Waals surface area contributed by atoms with E-state index in [2.05, 4.69) is 15.0 Å². The molecule has 0 unspecified atom stereocenters. The molecule has 0 aliphatic heterocycles. The second-order valence-corrected chi connectivity index (χ2v) is 3.24. The van der Waals surface area contributed by atoms with E-state index in [1.807, 2.05) is 24.7 Å². The van der Waals surface area contributed by atoms with E-state index in [0.29, 0.717) is 6.54 Å². The Balaban J connectivity index is 2.10. The normalized spacial score (nSPS) is 10.6. The standard InChI is InChI=1S/C10H14N4/c11-4-1-2-10-13-7-9(14-10)8-3-5-12-6-8/h3,5-7,12H,1-2,4,11H2,(H,13,14). The Hall–Kier alpha value is -1.55. The third-order valence-corrected chi connectivity index (χ3v) is 2.16. The Labute approximate surface area is 82.6 Å². The molecule has 14 heavy (non-hydrogen) atoms. The topological polar surface area (TPSA) is 70.5 Å². The molecule has 0 aliphatic carbocycles. The summed E-state index contributed by atoms with van der Waals surface area (Å²) < 4.78 is 0. The van der Waals surface area contributed by atoms with Crippen LogP contribution in [0.25, 0.3) is 11.3 Å². The van der Waals surface area contributed by atoms with E-state index in [1.54, 1.807) is 0 Å². The van der Waals surface area contributed by atoms with E-state index >= 15 is 0 Å². The third kappa shape index (κ3) is 1.85. The van der Waals surface area contributed by atoms with Crippen molar-refractivity contribution < 1.29 is 0 Å². The summed E-state index contributed by atoms with van der Waals surface area (Å²) in [6, 6.07) is 2.01. The average molecular weight is 190 g/mol. The lowest BCUT2D eigenvalue weighted by molar-refractivity contribution is 0.794. The van der Waals surface area contributed by atoms with Crippen LogP contribution in [0.5, 0.6) is 0 Å². The largest absolute Gasteiger partial charge is 0.367 e. The Morgan fingerprint density at radius 1 is 1.43 bits per heavy atom. The number of nitrogens with zero attached hydrogens (tertiary/aromatic N) is 1. The first-order valence-electron chi connectivity index (χ1n) is 4.77. The molecule has 2 aromatic rings. The molecule has 0 atom stereocenters. The van der Waals surface area contributed by atoms with Crippen molar-refractivity contribution in [3.63, 3.8) is 0 Å². The fraction of sp³-hybridized carbons (Fsp3) is 0.300. The highest BCUT2D eigenvalue weighted by atomic mass is 14.9. The number of rotatable bonds is 4. The van der Waals surface area contributed by atoms with Gasteiger partial charge in [-0.25, -0.2) is 4.98 Å². The summed E-state index contributed by atoms with van der Waals surface area (Å²) >= 11 is 0. The van der Waals surface area contributed by atoms with Crippen LogP contribution in [0.1, 0.15) is 12.2 Å². The van der Waals surface area contributed by atoms with Gasteiger partial charge in [-0.3, -0.25) is 0 Å². The fourth-order valence-corrected chi connectivity index (χ4v) is 1.40. The van der Waals surface area contributed by atoms with Crippen molar-refractivity contribution in [2.24, 2.45) is 5.73 Å². The Kier molecular flexibility index (Phi) is 2.65. The van der Waals surface area contributed by atoms with Gasteiger partial charge in [-0.05, 0) is 19.0 Å². The number of hydrogen-bond acceptors (Lipinski definition) is 2. The van der Waals surface area contributed by atoms with Crippen molar-refractivity contribution in [1.82, 2.24) is 15.0 Å². The zero-order valence-corrected chi connectivity index (χ0v) is 7.96. The highest BCUT2D eigenvalue weighted by Crippen LogP contribution is 2.15. The minimum atomic E-state index is 0.709. The van der Waals surface area contributed by atoms with E-state index < -0.39 is 0 Å². The van der Waals surface area contributed by atoms with Gasteiger partial charge in [0.05, 0.1) is 11.9 Å². The van der Waals surface area contributed by atoms with Gasteiger partial charge >= 0.3 is 0 Å². The van der Waals surface area contributed by atoms with Crippen LogP contribution in [0.2, 0.25) is 0 Å². The lowest BCUT2D eigenvalue weighted by Gasteiger charge is -1.93. The van der Waals surface area contributed by atoms with Crippen LogP contribution < -0.4 is 5.73 Å². The predicted molar refractivity (Wildman–Crippen MR) is 55.7 cm³/mol. The lowest BCUT2D eigenvalue weighted by Crippen LogP contribution is -2.01. The first kappa shape index (κ1) is 9.02. The monoisotopic (exact) mass is 190 g/mol. The quantitative estimate of drug-likeness (QED) is 0.680. The van der Waals surface area contributed by atoms with Crippen LogP contribution in [0.15, 0.2) is 24.7 Å². The number of hydrogen-bond donors (Lipinski definition) is 3. The van der Waals surface area contributed by atoms with Crippen molar-refractivity contribution >= 4 is 0 Å². The minimum absolute atomic E-state index is 0.709. The molecule has 4 N–H and O–H groups in total. The zero-order valence-electron chi connectivity index (χ0n) is 7.96. The molecule has 2 rings (SSSR count). The first-order chi connectivity index (χ1) is 6.90. The maximum atomic E-state index is 5.43. The van der Waals surface area contributed by atoms with Crippen molar-refractivity contribution in [2.75, 3.05) is 6.54 Å². The molecule has 0 fully saturated rings. The summed E-state index contributed by atoms with van der Waals surface area (Å²) in [5.74, 6) is 1.01. The fourth-order valence-electron chi connectivity index (χ4n) is 1.40. The second kappa shape index (κ2) is 4.11. The number of aryl methyl sites for hydroxylation is 1. The van der Waals surface area contributed by atoms with Gasteiger partial charge in [0.25, 0.3) is 0 Å². The van der Waals surface area contributed by atoms with E-state index in [0.717, 1.165) is 29.9 Å². The first-order valence-corrected chi connectivity index (χ1v) is 4.77. The van der Waals surface area contributed by atoms with Crippen LogP contribution in [0.3, 0.4) is 0 Å². The van der Waals surface area contributed by atoms with Gasteiger partial charge in [-0.15, -0.1) is 0 Å². The third-order valence-electron chi connectivity index (χ3n) is 2.16. The molecule has 4 heteroatoms. The minimum Gasteiger partial charge on any atom is -0.367 e. The molecule has 2 aromatic heterocycles. The summed E-state index contributed by atoms with van der Waals surface area (Å²) in [7, 11) is 0. The van der Waals surface area contributed by atoms with Gasteiger partial charge in [-0.1, -0.05) is 0 Å². The van der Waals surface area contributed by atoms with Crippen molar-refractivity contribution in [3.05, 3.63) is 30.5 Å². The van der Waals surface area contributed by atoms with Crippen LogP contribution in [0.4, 0.5) is 0 Å². The molecule has 0 saturated heterocycles. The van der Waals surface area contributed by atoms with E-state index in [1.165, 1.54) is 0 Å². The summed E-state index contributed by atoms with van der Waals surface area (Å²) in [6.07, 6.45) is 7.59. The summed E-state index contributed by atoms with van der Waals surface area (Å²) in [5, 5.41) is 0. The van der Waals surface area contributed by atoms with E-state index in [9.17, 15) is 0 Å². The smallest absolute Gasteiger partial charge is 0.106 e. The van der Waals surface area contributed by atoms with Gasteiger partial charge < -0.3 is 15.7 Å². The molecule has 0 spiro atoms. The summed E-state index contributed by atoms with van der Waals surface area (Å²) in [6.45, 7) is 0.709. The van der Waals surface area contributed by atoms with Crippen molar-refractivity contribution in [2.45, 2.75) is 12.8 Å². The molecule has 0 aromatic carbocycles. The lowest BCUT2D eigenvalue weighted by atomic mass is 10.3. The predicted octanol–water partition coefficient (Wildman–Crippen LogP) is 1.30. The van der Waals surface area contributed by atoms with Gasteiger partial charge in [-0.2, -0.15) is 0 Å². The molecule has 0 saturated carbocycles. The van der Waals surface area contributed by atoms with Crippen LogP contribution in [-0.2, 0) is 6.42 Å². The highest BCUT2D eigenvalue weighted by Gasteiger charge is 2.02. The van der Waals surface area contributed by atoms with Gasteiger partial charge in [0, 0.05) is 24.4 Å². The summed E-state index contributed by atoms with van der Waals surface area (Å²) in [4.78, 5) is 10.6. The molecule has 0 radical (unpaired) electrons. The van der Waals surface area contributed by atoms with Gasteiger partial charge in [0.2, 0.25) is 0 Å². The number of nitrogens with one attached hydrogen (secondary N) is 2. The van der Waals surface area contributed by atoms with E-state index in [-0.39, 0.29) is 0 Å². The Morgan fingerprint density at radius 3 is 3.07 bits per heavy atom. The highest BCUT2D eigenvalue weighted by molar-refractivity contribution is 5.57. The Bertz CT molecular complexity index is 374. The van der Waals surface area contributed by atoms with E-state index in [4.69, 9.17) is 5.73 Å². The number of aromatic amines is 2. The molecule has 0 aliphatic rings. The SMILES string of the molecule is NCCCc1ncc(-c2cc[nH]c2)[nH]1. The van der Waals surface area contributed by atoms with Crippen LogP contribution in [-0.4, -0.2) is 21.5 Å². The molecule has 0 bridgehead atoms. The van der Waals surface area contributed by atoms with Crippen molar-refractivity contribution in [1.29, 1.82) is 0 Å². The molecule has 2 heterocycles. The average Bonchev–Trinajstić information content (AvgIpc) is 2.85. The Morgan fingerprint density at radius 2 is 2.36 bits per heavy atom. The van der Waals surface area contributed by atoms with Crippen LogP contribution in [0, 0.1) is 0 Å². The molecule has 74 valence electrons. The second-order valence-electron chi connectivity index (χ2n) is 3.24. The molecular formula is C10H14N4.